The maximum atomic E-state index is 10.1. The summed E-state index contributed by atoms with van der Waals surface area (Å²) in [5, 5.41) is 13.6. The van der Waals surface area contributed by atoms with Crippen LogP contribution in [0.2, 0.25) is 0 Å². The van der Waals surface area contributed by atoms with E-state index < -0.39 is 0 Å². The smallest absolute Gasteiger partial charge is 0.124 e. The number of rotatable bonds is 5. The lowest BCUT2D eigenvalue weighted by Gasteiger charge is -2.23. The van der Waals surface area contributed by atoms with Gasteiger partial charge in [-0.25, -0.2) is 0 Å². The Balaban J connectivity index is 2.14. The number of aromatic hydroxyl groups is 1. The highest BCUT2D eigenvalue weighted by molar-refractivity contribution is 5.41. The minimum atomic E-state index is 0.0468. The zero-order valence-electron chi connectivity index (χ0n) is 13.1. The second-order valence-corrected chi connectivity index (χ2v) is 5.39. The molecule has 0 saturated carbocycles. The molecule has 0 spiro atoms. The van der Waals surface area contributed by atoms with E-state index in [-0.39, 0.29) is 17.8 Å². The van der Waals surface area contributed by atoms with Crippen LogP contribution in [0, 0.1) is 6.92 Å². The van der Waals surface area contributed by atoms with Crippen LogP contribution in [0.3, 0.4) is 0 Å². The Morgan fingerprint density at radius 3 is 2.29 bits per heavy atom. The highest BCUT2D eigenvalue weighted by Crippen LogP contribution is 2.30. The summed E-state index contributed by atoms with van der Waals surface area (Å²) in [7, 11) is 1.59. The Kier molecular flexibility index (Phi) is 4.86. The van der Waals surface area contributed by atoms with Crippen molar-refractivity contribution in [2.75, 3.05) is 7.11 Å². The molecule has 2 aromatic rings. The molecule has 0 aromatic heterocycles. The lowest BCUT2D eigenvalue weighted by molar-refractivity contribution is 0.402. The molecule has 2 atom stereocenters. The van der Waals surface area contributed by atoms with E-state index in [1.165, 1.54) is 11.1 Å². The Bertz CT molecular complexity index is 610. The molecule has 0 bridgehead atoms. The summed E-state index contributed by atoms with van der Waals surface area (Å²) in [5.74, 6) is 0.918. The summed E-state index contributed by atoms with van der Waals surface area (Å²) in [6, 6.07) is 14.0. The second-order valence-electron chi connectivity index (χ2n) is 5.39. The monoisotopic (exact) mass is 285 g/mol. The summed E-state index contributed by atoms with van der Waals surface area (Å²) >= 11 is 0. The van der Waals surface area contributed by atoms with Gasteiger partial charge in [-0.2, -0.15) is 0 Å². The average Bonchev–Trinajstić information content (AvgIpc) is 2.47. The fraction of sp³-hybridized carbons (Fsp3) is 0.333. The molecule has 21 heavy (non-hydrogen) atoms. The van der Waals surface area contributed by atoms with Crippen LogP contribution in [-0.2, 0) is 0 Å². The van der Waals surface area contributed by atoms with Gasteiger partial charge in [0.15, 0.2) is 0 Å². The number of phenolic OH excluding ortho intramolecular Hbond substituents is 1. The fourth-order valence-corrected chi connectivity index (χ4v) is 2.64. The molecule has 2 rings (SSSR count). The molecule has 0 aliphatic heterocycles. The maximum absolute atomic E-state index is 10.1. The first-order chi connectivity index (χ1) is 10.0. The fourth-order valence-electron chi connectivity index (χ4n) is 2.64. The van der Waals surface area contributed by atoms with Crippen molar-refractivity contribution in [2.24, 2.45) is 0 Å². The van der Waals surface area contributed by atoms with Gasteiger partial charge in [0.1, 0.15) is 11.5 Å². The predicted octanol–water partition coefficient (Wildman–Crippen LogP) is 4.12. The largest absolute Gasteiger partial charge is 0.507 e. The van der Waals surface area contributed by atoms with Crippen LogP contribution < -0.4 is 10.1 Å². The molecule has 2 aromatic carbocycles. The average molecular weight is 285 g/mol. The van der Waals surface area contributed by atoms with Crippen LogP contribution in [0.1, 0.15) is 42.6 Å². The van der Waals surface area contributed by atoms with Crippen molar-refractivity contribution in [2.45, 2.75) is 32.9 Å². The molecular weight excluding hydrogens is 262 g/mol. The Morgan fingerprint density at radius 2 is 1.67 bits per heavy atom. The van der Waals surface area contributed by atoms with Crippen molar-refractivity contribution < 1.29 is 9.84 Å². The van der Waals surface area contributed by atoms with E-state index in [1.807, 2.05) is 18.2 Å². The molecule has 0 saturated heterocycles. The molecule has 0 heterocycles. The number of benzene rings is 2. The molecule has 0 amide bonds. The van der Waals surface area contributed by atoms with E-state index in [0.29, 0.717) is 5.75 Å². The van der Waals surface area contributed by atoms with Gasteiger partial charge in [-0.05, 0) is 38.0 Å². The predicted molar refractivity (Wildman–Crippen MR) is 85.8 cm³/mol. The van der Waals surface area contributed by atoms with Crippen LogP contribution >= 0.6 is 0 Å². The zero-order valence-corrected chi connectivity index (χ0v) is 13.1. The molecule has 112 valence electrons. The standard InChI is InChI=1S/C18H23NO2/c1-12-7-5-6-8-16(12)13(2)19-14(3)17-10-9-15(21-4)11-18(17)20/h5-11,13-14,19-20H,1-4H3/t13-,14?/m1/s1. The SMILES string of the molecule is COc1ccc(C(C)N[C@H](C)c2ccccc2C)c(O)c1. The number of ether oxygens (including phenoxy) is 1. The van der Waals surface area contributed by atoms with Crippen LogP contribution in [0.4, 0.5) is 0 Å². The molecule has 0 aliphatic carbocycles. The van der Waals surface area contributed by atoms with E-state index in [4.69, 9.17) is 4.74 Å². The Morgan fingerprint density at radius 1 is 1.00 bits per heavy atom. The van der Waals surface area contributed by atoms with Gasteiger partial charge >= 0.3 is 0 Å². The van der Waals surface area contributed by atoms with E-state index >= 15 is 0 Å². The lowest BCUT2D eigenvalue weighted by Crippen LogP contribution is -2.23. The number of methoxy groups -OCH3 is 1. The van der Waals surface area contributed by atoms with Gasteiger partial charge in [0.05, 0.1) is 7.11 Å². The number of nitrogens with one attached hydrogen (secondary N) is 1. The van der Waals surface area contributed by atoms with Gasteiger partial charge in [0.25, 0.3) is 0 Å². The first-order valence-electron chi connectivity index (χ1n) is 7.21. The van der Waals surface area contributed by atoms with Gasteiger partial charge in [0.2, 0.25) is 0 Å². The highest BCUT2D eigenvalue weighted by atomic mass is 16.5. The molecule has 1 unspecified atom stereocenters. The topological polar surface area (TPSA) is 41.5 Å². The van der Waals surface area contributed by atoms with E-state index in [1.54, 1.807) is 13.2 Å². The van der Waals surface area contributed by atoms with Crippen molar-refractivity contribution in [3.63, 3.8) is 0 Å². The summed E-state index contributed by atoms with van der Waals surface area (Å²) in [5.41, 5.74) is 3.41. The number of hydrogen-bond donors (Lipinski definition) is 2. The summed E-state index contributed by atoms with van der Waals surface area (Å²) < 4.78 is 5.12. The molecule has 3 heteroatoms. The third-order valence-electron chi connectivity index (χ3n) is 3.86. The van der Waals surface area contributed by atoms with Crippen molar-refractivity contribution in [1.82, 2.24) is 5.32 Å². The van der Waals surface area contributed by atoms with Crippen LogP contribution in [0.5, 0.6) is 11.5 Å². The van der Waals surface area contributed by atoms with Crippen molar-refractivity contribution in [3.05, 3.63) is 59.2 Å². The van der Waals surface area contributed by atoms with Gasteiger partial charge in [-0.3, -0.25) is 0 Å². The molecular formula is C18H23NO2. The van der Waals surface area contributed by atoms with Crippen LogP contribution in [0.15, 0.2) is 42.5 Å². The molecule has 3 nitrogen and oxygen atoms in total. The van der Waals surface area contributed by atoms with E-state index in [9.17, 15) is 5.11 Å². The summed E-state index contributed by atoms with van der Waals surface area (Å²) in [4.78, 5) is 0. The van der Waals surface area contributed by atoms with Gasteiger partial charge in [0, 0.05) is 23.7 Å². The minimum Gasteiger partial charge on any atom is -0.507 e. The first-order valence-corrected chi connectivity index (χ1v) is 7.21. The van der Waals surface area contributed by atoms with Crippen LogP contribution in [0.25, 0.3) is 0 Å². The van der Waals surface area contributed by atoms with Gasteiger partial charge in [-0.1, -0.05) is 30.3 Å². The molecule has 0 fully saturated rings. The van der Waals surface area contributed by atoms with Crippen molar-refractivity contribution in [3.8, 4) is 11.5 Å². The van der Waals surface area contributed by atoms with Gasteiger partial charge in [-0.15, -0.1) is 0 Å². The number of aryl methyl sites for hydroxylation is 1. The van der Waals surface area contributed by atoms with E-state index in [0.717, 1.165) is 5.56 Å². The zero-order chi connectivity index (χ0) is 15.4. The van der Waals surface area contributed by atoms with Crippen molar-refractivity contribution in [1.29, 1.82) is 0 Å². The lowest BCUT2D eigenvalue weighted by atomic mass is 10.00. The maximum Gasteiger partial charge on any atom is 0.124 e. The summed E-state index contributed by atoms with van der Waals surface area (Å²) in [6.07, 6.45) is 0. The quantitative estimate of drug-likeness (QED) is 0.868. The number of hydrogen-bond acceptors (Lipinski definition) is 3. The van der Waals surface area contributed by atoms with Crippen LogP contribution in [-0.4, -0.2) is 12.2 Å². The molecule has 0 aliphatic rings. The molecule has 0 radical (unpaired) electrons. The summed E-state index contributed by atoms with van der Waals surface area (Å²) in [6.45, 7) is 6.30. The second kappa shape index (κ2) is 6.64. The van der Waals surface area contributed by atoms with Gasteiger partial charge < -0.3 is 15.2 Å². The highest BCUT2D eigenvalue weighted by Gasteiger charge is 2.15. The van der Waals surface area contributed by atoms with E-state index in [2.05, 4.69) is 44.3 Å². The Hall–Kier alpha value is -2.00. The molecule has 2 N–H and O–H groups in total. The normalized spacial score (nSPS) is 13.7. The first kappa shape index (κ1) is 15.4. The number of phenols is 1. The minimum absolute atomic E-state index is 0.0468. The third-order valence-corrected chi connectivity index (χ3v) is 3.86. The van der Waals surface area contributed by atoms with Crippen molar-refractivity contribution >= 4 is 0 Å². The third kappa shape index (κ3) is 3.56. The Labute approximate surface area is 126 Å².